The van der Waals surface area contributed by atoms with Gasteiger partial charge in [-0.15, -0.1) is 0 Å². The maximum atomic E-state index is 12.1. The van der Waals surface area contributed by atoms with Gasteiger partial charge in [-0.05, 0) is 49.2 Å². The molecule has 2 aromatic rings. The Balaban J connectivity index is 1.97. The Kier molecular flexibility index (Phi) is 5.87. The molecule has 1 N–H and O–H groups in total. The first-order valence-electron chi connectivity index (χ1n) is 7.35. The van der Waals surface area contributed by atoms with Crippen LogP contribution in [0.4, 0.5) is 5.69 Å². The van der Waals surface area contributed by atoms with Gasteiger partial charge in [-0.25, -0.2) is 4.79 Å². The zero-order valence-electron chi connectivity index (χ0n) is 13.8. The number of ether oxygens (including phenoxy) is 1. The van der Waals surface area contributed by atoms with Gasteiger partial charge in [-0.1, -0.05) is 18.2 Å². The van der Waals surface area contributed by atoms with E-state index < -0.39 is 29.3 Å². The van der Waals surface area contributed by atoms with Crippen LogP contribution in [0.25, 0.3) is 0 Å². The summed E-state index contributed by atoms with van der Waals surface area (Å²) in [5.74, 6) is -1.10. The fourth-order valence-electron chi connectivity index (χ4n) is 2.11. The Labute approximate surface area is 143 Å². The van der Waals surface area contributed by atoms with Crippen LogP contribution in [0.1, 0.15) is 21.5 Å². The molecule has 0 saturated carbocycles. The molecule has 5 nitrogen and oxygen atoms in total. The van der Waals surface area contributed by atoms with Crippen LogP contribution in [0.15, 0.2) is 47.4 Å². The smallest absolute Gasteiger partial charge is 0.339 e. The Bertz CT molecular complexity index is 801. The van der Waals surface area contributed by atoms with Gasteiger partial charge in [0.15, 0.2) is 6.61 Å². The first kappa shape index (κ1) is 17.9. The molecule has 24 heavy (non-hydrogen) atoms. The van der Waals surface area contributed by atoms with Gasteiger partial charge >= 0.3 is 5.97 Å². The van der Waals surface area contributed by atoms with Gasteiger partial charge in [0.25, 0.3) is 5.91 Å². The zero-order chi connectivity index (χ0) is 17.7. The molecule has 0 radical (unpaired) electrons. The summed E-state index contributed by atoms with van der Waals surface area (Å²) < 4.78 is 16.7. The van der Waals surface area contributed by atoms with E-state index in [1.807, 2.05) is 26.0 Å². The minimum atomic E-state index is -1.31. The maximum Gasteiger partial charge on any atom is 0.339 e. The highest BCUT2D eigenvalue weighted by atomic mass is 32.2. The summed E-state index contributed by atoms with van der Waals surface area (Å²) >= 11 is 0. The summed E-state index contributed by atoms with van der Waals surface area (Å²) in [6.07, 6.45) is 1.48. The molecule has 0 aromatic heterocycles. The second-order valence-electron chi connectivity index (χ2n) is 5.37. The lowest BCUT2D eigenvalue weighted by Crippen LogP contribution is -2.21. The highest BCUT2D eigenvalue weighted by molar-refractivity contribution is 7.84. The third kappa shape index (κ3) is 4.52. The summed E-state index contributed by atoms with van der Waals surface area (Å²) in [5.41, 5.74) is 3.04. The lowest BCUT2D eigenvalue weighted by Gasteiger charge is -2.09. The molecule has 0 spiro atoms. The minimum Gasteiger partial charge on any atom is -0.452 e. The van der Waals surface area contributed by atoms with Gasteiger partial charge in [0.2, 0.25) is 0 Å². The van der Waals surface area contributed by atoms with Gasteiger partial charge in [0.1, 0.15) is 0 Å². The molecule has 1 amide bonds. The van der Waals surface area contributed by atoms with E-state index in [0.717, 1.165) is 11.1 Å². The van der Waals surface area contributed by atoms with Gasteiger partial charge in [0, 0.05) is 11.9 Å². The van der Waals surface area contributed by atoms with Crippen molar-refractivity contribution in [2.75, 3.05) is 18.2 Å². The highest BCUT2D eigenvalue weighted by Crippen LogP contribution is 2.15. The molecule has 6 heteroatoms. The Morgan fingerprint density at radius 2 is 1.79 bits per heavy atom. The third-order valence-electron chi connectivity index (χ3n) is 3.54. The van der Waals surface area contributed by atoms with Gasteiger partial charge in [-0.2, -0.15) is 0 Å². The summed E-state index contributed by atoms with van der Waals surface area (Å²) in [5, 5.41) is 2.68. The van der Waals surface area contributed by atoms with Gasteiger partial charge in [-0.3, -0.25) is 9.00 Å². The predicted octanol–water partition coefficient (Wildman–Crippen LogP) is 2.84. The third-order valence-corrected chi connectivity index (χ3v) is 4.52. The Hall–Kier alpha value is -2.47. The topological polar surface area (TPSA) is 72.5 Å². The quantitative estimate of drug-likeness (QED) is 0.846. The summed E-state index contributed by atoms with van der Waals surface area (Å²) in [6.45, 7) is 3.53. The number of esters is 1. The van der Waals surface area contributed by atoms with Crippen LogP contribution in [-0.4, -0.2) is 28.9 Å². The highest BCUT2D eigenvalue weighted by Gasteiger charge is 2.16. The number of rotatable bonds is 5. The van der Waals surface area contributed by atoms with Crippen molar-refractivity contribution in [2.24, 2.45) is 0 Å². The number of amides is 1. The molecular weight excluding hydrogens is 326 g/mol. The predicted molar refractivity (Wildman–Crippen MR) is 93.6 cm³/mol. The number of nitrogens with one attached hydrogen (secondary N) is 1. The van der Waals surface area contributed by atoms with Crippen LogP contribution >= 0.6 is 0 Å². The van der Waals surface area contributed by atoms with E-state index in [0.29, 0.717) is 10.6 Å². The average Bonchev–Trinajstić information content (AvgIpc) is 2.56. The summed E-state index contributed by atoms with van der Waals surface area (Å²) in [4.78, 5) is 24.4. The number of hydrogen-bond acceptors (Lipinski definition) is 4. The molecule has 2 rings (SSSR count). The van der Waals surface area contributed by atoms with Crippen molar-refractivity contribution < 1.29 is 18.5 Å². The molecule has 1 atom stereocenters. The summed E-state index contributed by atoms with van der Waals surface area (Å²) in [6, 6.07) is 12.0. The molecule has 0 heterocycles. The normalized spacial score (nSPS) is 11.6. The van der Waals surface area contributed by atoms with Crippen molar-refractivity contribution in [1.82, 2.24) is 0 Å². The first-order valence-corrected chi connectivity index (χ1v) is 8.91. The molecular formula is C18H19NO4S. The molecule has 0 saturated heterocycles. The van der Waals surface area contributed by atoms with E-state index in [9.17, 15) is 13.8 Å². The molecule has 0 unspecified atom stereocenters. The number of anilines is 1. The number of hydrogen-bond donors (Lipinski definition) is 1. The monoisotopic (exact) mass is 345 g/mol. The van der Waals surface area contributed by atoms with E-state index in [2.05, 4.69) is 5.32 Å². The average molecular weight is 345 g/mol. The fourth-order valence-corrected chi connectivity index (χ4v) is 2.84. The number of aryl methyl sites for hydroxylation is 2. The van der Waals surface area contributed by atoms with Gasteiger partial charge in [0.05, 0.1) is 21.3 Å². The van der Waals surface area contributed by atoms with Crippen LogP contribution in [0, 0.1) is 13.8 Å². The van der Waals surface area contributed by atoms with Crippen molar-refractivity contribution in [2.45, 2.75) is 18.7 Å². The lowest BCUT2D eigenvalue weighted by molar-refractivity contribution is -0.119. The maximum absolute atomic E-state index is 12.1. The van der Waals surface area contributed by atoms with E-state index in [-0.39, 0.29) is 5.56 Å². The van der Waals surface area contributed by atoms with Crippen molar-refractivity contribution in [3.8, 4) is 0 Å². The second kappa shape index (κ2) is 7.88. The summed E-state index contributed by atoms with van der Waals surface area (Å²) in [7, 11) is -1.31. The SMILES string of the molecule is Cc1ccc(NC(=O)COC(=O)c2ccccc2[S@@](C)=O)cc1C. The van der Waals surface area contributed by atoms with Crippen molar-refractivity contribution in [1.29, 1.82) is 0 Å². The van der Waals surface area contributed by atoms with Crippen molar-refractivity contribution in [3.05, 3.63) is 59.2 Å². The lowest BCUT2D eigenvalue weighted by atomic mass is 10.1. The fraction of sp³-hybridized carbons (Fsp3) is 0.222. The van der Waals surface area contributed by atoms with E-state index in [1.165, 1.54) is 12.3 Å². The molecule has 0 aliphatic heterocycles. The Morgan fingerprint density at radius 3 is 2.46 bits per heavy atom. The largest absolute Gasteiger partial charge is 0.452 e. The van der Waals surface area contributed by atoms with Crippen LogP contribution in [0.5, 0.6) is 0 Å². The minimum absolute atomic E-state index is 0.206. The van der Waals surface area contributed by atoms with Crippen LogP contribution in [0.3, 0.4) is 0 Å². The van der Waals surface area contributed by atoms with E-state index in [1.54, 1.807) is 24.3 Å². The first-order chi connectivity index (χ1) is 11.4. The molecule has 2 aromatic carbocycles. The van der Waals surface area contributed by atoms with Crippen LogP contribution in [-0.2, 0) is 20.3 Å². The second-order valence-corrected chi connectivity index (χ2v) is 6.72. The molecule has 0 bridgehead atoms. The number of carbonyl (C=O) groups is 2. The molecule has 126 valence electrons. The molecule has 0 aliphatic carbocycles. The van der Waals surface area contributed by atoms with E-state index >= 15 is 0 Å². The Morgan fingerprint density at radius 1 is 1.08 bits per heavy atom. The molecule has 0 aliphatic rings. The molecule has 0 fully saturated rings. The van der Waals surface area contributed by atoms with Crippen LogP contribution in [0.2, 0.25) is 0 Å². The number of benzene rings is 2. The number of carbonyl (C=O) groups excluding carboxylic acids is 2. The zero-order valence-corrected chi connectivity index (χ0v) is 14.6. The van der Waals surface area contributed by atoms with Crippen LogP contribution < -0.4 is 5.32 Å². The van der Waals surface area contributed by atoms with Gasteiger partial charge < -0.3 is 10.1 Å². The standard InChI is InChI=1S/C18H19NO4S/c1-12-8-9-14(10-13(12)2)19-17(20)11-23-18(21)15-6-4-5-7-16(15)24(3)22/h4-10H,11H2,1-3H3,(H,19,20)/t24-/m1/s1. The van der Waals surface area contributed by atoms with Crippen molar-refractivity contribution in [3.63, 3.8) is 0 Å². The van der Waals surface area contributed by atoms with E-state index in [4.69, 9.17) is 4.74 Å². The van der Waals surface area contributed by atoms with Crippen molar-refractivity contribution >= 4 is 28.4 Å².